The molecule has 0 fully saturated rings. The van der Waals surface area contributed by atoms with Crippen LogP contribution in [0.5, 0.6) is 0 Å². The van der Waals surface area contributed by atoms with Crippen molar-refractivity contribution in [2.75, 3.05) is 0 Å². The van der Waals surface area contributed by atoms with Gasteiger partial charge in [-0.1, -0.05) is 12.1 Å². The van der Waals surface area contributed by atoms with Crippen molar-refractivity contribution in [1.82, 2.24) is 9.97 Å². The van der Waals surface area contributed by atoms with E-state index in [0.717, 1.165) is 16.7 Å². The van der Waals surface area contributed by atoms with Crippen LogP contribution in [0.3, 0.4) is 0 Å². The van der Waals surface area contributed by atoms with Crippen molar-refractivity contribution in [2.45, 2.75) is 6.92 Å². The van der Waals surface area contributed by atoms with Gasteiger partial charge < -0.3 is 0 Å². The molecule has 1 aromatic heterocycles. The topological polar surface area (TPSA) is 25.8 Å². The minimum atomic E-state index is 0.826. The second-order valence-corrected chi connectivity index (χ2v) is 3.76. The summed E-state index contributed by atoms with van der Waals surface area (Å²) in [6.07, 6.45) is 1.86. The van der Waals surface area contributed by atoms with E-state index in [1.807, 2.05) is 25.3 Å². The molecule has 1 aromatic carbocycles. The zero-order chi connectivity index (χ0) is 8.55. The fraction of sp³-hybridized carbons (Fsp3) is 0.111. The SMILES string of the molecule is Cc1ncc2cccc(I)c2n1. The smallest absolute Gasteiger partial charge is 0.125 e. The third kappa shape index (κ3) is 1.29. The maximum atomic E-state index is 4.36. The van der Waals surface area contributed by atoms with Crippen molar-refractivity contribution in [1.29, 1.82) is 0 Å². The molecule has 1 heterocycles. The Bertz CT molecular complexity index is 426. The Kier molecular flexibility index (Phi) is 1.96. The van der Waals surface area contributed by atoms with E-state index >= 15 is 0 Å². The van der Waals surface area contributed by atoms with Gasteiger partial charge >= 0.3 is 0 Å². The van der Waals surface area contributed by atoms with Gasteiger partial charge in [0.15, 0.2) is 0 Å². The third-order valence-electron chi connectivity index (χ3n) is 1.68. The van der Waals surface area contributed by atoms with Gasteiger partial charge in [-0.3, -0.25) is 0 Å². The summed E-state index contributed by atoms with van der Waals surface area (Å²) in [6.45, 7) is 1.91. The third-order valence-corrected chi connectivity index (χ3v) is 2.55. The van der Waals surface area contributed by atoms with Crippen molar-refractivity contribution < 1.29 is 0 Å². The second kappa shape index (κ2) is 2.97. The summed E-state index contributed by atoms with van der Waals surface area (Å²) in [4.78, 5) is 8.49. The number of nitrogens with zero attached hydrogens (tertiary/aromatic N) is 2. The molecule has 0 saturated heterocycles. The van der Waals surface area contributed by atoms with Gasteiger partial charge in [-0.25, -0.2) is 9.97 Å². The van der Waals surface area contributed by atoms with E-state index in [2.05, 4.69) is 38.6 Å². The lowest BCUT2D eigenvalue weighted by atomic mass is 10.2. The van der Waals surface area contributed by atoms with Crippen molar-refractivity contribution >= 4 is 33.5 Å². The first-order valence-electron chi connectivity index (χ1n) is 3.65. The zero-order valence-electron chi connectivity index (χ0n) is 6.58. The number of aromatic nitrogens is 2. The molecule has 0 atom stereocenters. The number of hydrogen-bond acceptors (Lipinski definition) is 2. The Hall–Kier alpha value is -0.710. The van der Waals surface area contributed by atoms with Crippen LogP contribution >= 0.6 is 22.6 Å². The van der Waals surface area contributed by atoms with Crippen molar-refractivity contribution in [3.8, 4) is 0 Å². The molecule has 0 radical (unpaired) electrons. The normalized spacial score (nSPS) is 10.5. The average molecular weight is 270 g/mol. The highest BCUT2D eigenvalue weighted by atomic mass is 127. The molecule has 0 bridgehead atoms. The minimum Gasteiger partial charge on any atom is -0.241 e. The molecule has 2 aromatic rings. The van der Waals surface area contributed by atoms with Crippen LogP contribution in [0, 0.1) is 10.5 Å². The number of aryl methyl sites for hydroxylation is 1. The first kappa shape index (κ1) is 7.91. The van der Waals surface area contributed by atoms with Crippen LogP contribution in [-0.2, 0) is 0 Å². The molecule has 12 heavy (non-hydrogen) atoms. The molecule has 60 valence electrons. The summed E-state index contributed by atoms with van der Waals surface area (Å²) in [5, 5.41) is 1.10. The largest absolute Gasteiger partial charge is 0.241 e. The lowest BCUT2D eigenvalue weighted by Crippen LogP contribution is -1.89. The molecule has 0 aliphatic carbocycles. The molecule has 0 unspecified atom stereocenters. The fourth-order valence-electron chi connectivity index (χ4n) is 1.11. The van der Waals surface area contributed by atoms with Crippen molar-refractivity contribution in [3.05, 3.63) is 33.8 Å². The van der Waals surface area contributed by atoms with Crippen molar-refractivity contribution in [3.63, 3.8) is 0 Å². The predicted molar refractivity (Wildman–Crippen MR) is 57.0 cm³/mol. The lowest BCUT2D eigenvalue weighted by molar-refractivity contribution is 1.09. The van der Waals surface area contributed by atoms with Gasteiger partial charge in [0, 0.05) is 15.2 Å². The van der Waals surface area contributed by atoms with Crippen LogP contribution in [0.2, 0.25) is 0 Å². The maximum absolute atomic E-state index is 4.36. The van der Waals surface area contributed by atoms with Gasteiger partial charge in [0.2, 0.25) is 0 Å². The first-order valence-corrected chi connectivity index (χ1v) is 4.73. The number of para-hydroxylation sites is 1. The van der Waals surface area contributed by atoms with Crippen LogP contribution in [0.15, 0.2) is 24.4 Å². The van der Waals surface area contributed by atoms with Crippen LogP contribution in [-0.4, -0.2) is 9.97 Å². The number of fused-ring (bicyclic) bond motifs is 1. The summed E-state index contributed by atoms with van der Waals surface area (Å²) in [7, 11) is 0. The van der Waals surface area contributed by atoms with Gasteiger partial charge in [0.05, 0.1) is 5.52 Å². The van der Waals surface area contributed by atoms with Crippen LogP contribution in [0.25, 0.3) is 10.9 Å². The number of hydrogen-bond donors (Lipinski definition) is 0. The van der Waals surface area contributed by atoms with E-state index in [9.17, 15) is 0 Å². The molecule has 0 aliphatic rings. The van der Waals surface area contributed by atoms with Gasteiger partial charge in [0.1, 0.15) is 5.82 Å². The summed E-state index contributed by atoms with van der Waals surface area (Å²) in [5.74, 6) is 0.826. The summed E-state index contributed by atoms with van der Waals surface area (Å²) >= 11 is 2.28. The van der Waals surface area contributed by atoms with Crippen LogP contribution in [0.4, 0.5) is 0 Å². The van der Waals surface area contributed by atoms with E-state index in [0.29, 0.717) is 0 Å². The van der Waals surface area contributed by atoms with Gasteiger partial charge in [0.25, 0.3) is 0 Å². The summed E-state index contributed by atoms with van der Waals surface area (Å²) < 4.78 is 1.18. The Balaban J connectivity index is 2.88. The van der Waals surface area contributed by atoms with E-state index in [-0.39, 0.29) is 0 Å². The molecule has 0 saturated carbocycles. The Labute approximate surface area is 84.2 Å². The van der Waals surface area contributed by atoms with Crippen molar-refractivity contribution in [2.24, 2.45) is 0 Å². The average Bonchev–Trinajstić information content (AvgIpc) is 2.07. The quantitative estimate of drug-likeness (QED) is 0.687. The monoisotopic (exact) mass is 270 g/mol. The number of halogens is 1. The maximum Gasteiger partial charge on any atom is 0.125 e. The van der Waals surface area contributed by atoms with E-state index in [1.165, 1.54) is 3.57 Å². The van der Waals surface area contributed by atoms with E-state index in [4.69, 9.17) is 0 Å². The standard InChI is InChI=1S/C9H7IN2/c1-6-11-5-7-3-2-4-8(10)9(7)12-6/h2-5H,1H3. The van der Waals surface area contributed by atoms with E-state index < -0.39 is 0 Å². The lowest BCUT2D eigenvalue weighted by Gasteiger charge is -1.98. The Morgan fingerprint density at radius 3 is 3.00 bits per heavy atom. The minimum absolute atomic E-state index is 0.826. The summed E-state index contributed by atoms with van der Waals surface area (Å²) in [6, 6.07) is 6.09. The molecule has 0 amide bonds. The number of rotatable bonds is 0. The highest BCUT2D eigenvalue weighted by Crippen LogP contribution is 2.17. The predicted octanol–water partition coefficient (Wildman–Crippen LogP) is 2.54. The van der Waals surface area contributed by atoms with E-state index in [1.54, 1.807) is 0 Å². The molecule has 0 N–H and O–H groups in total. The molecular weight excluding hydrogens is 263 g/mol. The number of benzene rings is 1. The van der Waals surface area contributed by atoms with Crippen LogP contribution < -0.4 is 0 Å². The first-order chi connectivity index (χ1) is 5.77. The molecule has 3 heteroatoms. The zero-order valence-corrected chi connectivity index (χ0v) is 8.74. The molecule has 2 nitrogen and oxygen atoms in total. The molecule has 0 aliphatic heterocycles. The highest BCUT2D eigenvalue weighted by molar-refractivity contribution is 14.1. The fourth-order valence-corrected chi connectivity index (χ4v) is 1.75. The Morgan fingerprint density at radius 1 is 1.33 bits per heavy atom. The van der Waals surface area contributed by atoms with Gasteiger partial charge in [-0.05, 0) is 35.6 Å². The molecule has 2 rings (SSSR count). The Morgan fingerprint density at radius 2 is 2.17 bits per heavy atom. The highest BCUT2D eigenvalue weighted by Gasteiger charge is 1.98. The second-order valence-electron chi connectivity index (χ2n) is 2.59. The molecular formula is C9H7IN2. The summed E-state index contributed by atoms with van der Waals surface area (Å²) in [5.41, 5.74) is 1.05. The molecule has 0 spiro atoms. The van der Waals surface area contributed by atoms with Crippen LogP contribution in [0.1, 0.15) is 5.82 Å². The van der Waals surface area contributed by atoms with Gasteiger partial charge in [-0.2, -0.15) is 0 Å². The van der Waals surface area contributed by atoms with Gasteiger partial charge in [-0.15, -0.1) is 0 Å².